The van der Waals surface area contributed by atoms with Crippen LogP contribution in [0.25, 0.3) is 5.69 Å². The minimum Gasteiger partial charge on any atom is -0.375 e. The number of nitrogens with zero attached hydrogens (tertiary/aromatic N) is 4. The third-order valence-electron chi connectivity index (χ3n) is 4.34. The van der Waals surface area contributed by atoms with Gasteiger partial charge in [0.25, 0.3) is 0 Å². The smallest absolute Gasteiger partial charge is 0.350 e. The topological polar surface area (TPSA) is 113 Å². The van der Waals surface area contributed by atoms with E-state index in [0.717, 1.165) is 16.9 Å². The molecule has 0 aliphatic rings. The minimum atomic E-state index is -3.73. The molecule has 0 radical (unpaired) electrons. The van der Waals surface area contributed by atoms with Gasteiger partial charge >= 0.3 is 5.69 Å². The molecule has 29 heavy (non-hydrogen) atoms. The molecule has 2 heterocycles. The Morgan fingerprint density at radius 1 is 1.07 bits per heavy atom. The molecule has 0 atom stereocenters. The molecule has 0 spiro atoms. The van der Waals surface area contributed by atoms with Gasteiger partial charge in [0.15, 0.2) is 5.13 Å². The summed E-state index contributed by atoms with van der Waals surface area (Å²) in [6.45, 7) is 2.01. The zero-order valence-corrected chi connectivity index (χ0v) is 17.0. The van der Waals surface area contributed by atoms with Crippen LogP contribution < -0.4 is 11.4 Å². The Morgan fingerprint density at radius 2 is 1.76 bits per heavy atom. The molecule has 10 heteroatoms. The van der Waals surface area contributed by atoms with Crippen LogP contribution >= 0.6 is 11.3 Å². The lowest BCUT2D eigenvalue weighted by Crippen LogP contribution is -2.24. The summed E-state index contributed by atoms with van der Waals surface area (Å²) in [4.78, 5) is 16.7. The zero-order valence-electron chi connectivity index (χ0n) is 15.4. The Morgan fingerprint density at radius 3 is 2.38 bits per heavy atom. The summed E-state index contributed by atoms with van der Waals surface area (Å²) < 4.78 is 28.5. The van der Waals surface area contributed by atoms with E-state index >= 15 is 0 Å². The van der Waals surface area contributed by atoms with Crippen molar-refractivity contribution in [2.45, 2.75) is 22.6 Å². The molecule has 148 valence electrons. The summed E-state index contributed by atoms with van der Waals surface area (Å²) in [5, 5.41) is 4.34. The highest BCUT2D eigenvalue weighted by Crippen LogP contribution is 2.30. The minimum absolute atomic E-state index is 0.102. The van der Waals surface area contributed by atoms with Crippen LogP contribution in [-0.4, -0.2) is 27.7 Å². The maximum absolute atomic E-state index is 12.8. The molecule has 2 N–H and O–H groups in total. The monoisotopic (exact) mass is 427 g/mol. The molecule has 4 aromatic rings. The van der Waals surface area contributed by atoms with E-state index in [-0.39, 0.29) is 19.9 Å². The molecule has 0 saturated heterocycles. The normalized spacial score (nSPS) is 11.6. The number of nitrogens with two attached hydrogens (primary N) is 1. The van der Waals surface area contributed by atoms with E-state index in [1.54, 1.807) is 19.1 Å². The third kappa shape index (κ3) is 3.59. The van der Waals surface area contributed by atoms with E-state index < -0.39 is 9.84 Å². The lowest BCUT2D eigenvalue weighted by molar-refractivity contribution is 0.597. The molecule has 0 saturated carbocycles. The number of sulfone groups is 1. The number of thiazole rings is 1. The first-order chi connectivity index (χ1) is 13.9. The fraction of sp³-hybridized carbons (Fsp3) is 0.105. The van der Waals surface area contributed by atoms with Crippen molar-refractivity contribution in [3.05, 3.63) is 82.7 Å². The standard InChI is InChI=1S/C19H17N5O3S2/c1-13-17(28-18(20)22-13)29(26,27)16-9-7-15(8-10-16)24-19(25)23(12-21-24)11-14-5-3-2-4-6-14/h2-10,12H,11H2,1H3,(H2,20,22). The Hall–Kier alpha value is -3.24. The predicted molar refractivity (Wildman–Crippen MR) is 110 cm³/mol. The Bertz CT molecular complexity index is 1320. The molecule has 2 aromatic carbocycles. The van der Waals surface area contributed by atoms with Crippen LogP contribution in [0.3, 0.4) is 0 Å². The van der Waals surface area contributed by atoms with Gasteiger partial charge in [-0.3, -0.25) is 4.57 Å². The van der Waals surface area contributed by atoms with Crippen LogP contribution in [0.5, 0.6) is 0 Å². The van der Waals surface area contributed by atoms with E-state index in [2.05, 4.69) is 10.1 Å². The summed E-state index contributed by atoms with van der Waals surface area (Å²) in [7, 11) is -3.73. The maximum atomic E-state index is 12.8. The zero-order chi connectivity index (χ0) is 20.6. The molecule has 0 fully saturated rings. The van der Waals surface area contributed by atoms with E-state index in [0.29, 0.717) is 17.9 Å². The average Bonchev–Trinajstić information content (AvgIpc) is 3.25. The number of nitrogen functional groups attached to an aromatic ring is 1. The first kappa shape index (κ1) is 19.1. The summed E-state index contributed by atoms with van der Waals surface area (Å²) in [6, 6.07) is 15.6. The van der Waals surface area contributed by atoms with Crippen LogP contribution in [0.4, 0.5) is 5.13 Å². The summed E-state index contributed by atoms with van der Waals surface area (Å²) in [6.07, 6.45) is 1.46. The van der Waals surface area contributed by atoms with Crippen molar-refractivity contribution in [2.75, 3.05) is 5.73 Å². The number of hydrogen-bond acceptors (Lipinski definition) is 7. The summed E-state index contributed by atoms with van der Waals surface area (Å²) in [5.41, 5.74) is 7.14. The van der Waals surface area contributed by atoms with Crippen molar-refractivity contribution in [3.63, 3.8) is 0 Å². The molecule has 4 rings (SSSR count). The van der Waals surface area contributed by atoms with E-state index in [1.165, 1.54) is 27.7 Å². The molecule has 2 aromatic heterocycles. The number of anilines is 1. The van der Waals surface area contributed by atoms with Crippen molar-refractivity contribution in [1.29, 1.82) is 0 Å². The van der Waals surface area contributed by atoms with E-state index in [1.807, 2.05) is 30.3 Å². The van der Waals surface area contributed by atoms with Crippen LogP contribution in [-0.2, 0) is 16.4 Å². The van der Waals surface area contributed by atoms with Gasteiger partial charge in [-0.1, -0.05) is 41.7 Å². The lowest BCUT2D eigenvalue weighted by atomic mass is 10.2. The van der Waals surface area contributed by atoms with Gasteiger partial charge in [0.1, 0.15) is 10.5 Å². The van der Waals surface area contributed by atoms with Crippen molar-refractivity contribution in [3.8, 4) is 5.69 Å². The predicted octanol–water partition coefficient (Wildman–Crippen LogP) is 2.26. The molecule has 8 nitrogen and oxygen atoms in total. The van der Waals surface area contributed by atoms with Crippen molar-refractivity contribution in [2.24, 2.45) is 0 Å². The molecule has 0 aliphatic heterocycles. The molecule has 0 unspecified atom stereocenters. The van der Waals surface area contributed by atoms with Gasteiger partial charge in [-0.15, -0.1) is 0 Å². The fourth-order valence-corrected chi connectivity index (χ4v) is 5.62. The van der Waals surface area contributed by atoms with Gasteiger partial charge in [-0.2, -0.15) is 9.78 Å². The summed E-state index contributed by atoms with van der Waals surface area (Å²) in [5.74, 6) is 0. The van der Waals surface area contributed by atoms with Crippen molar-refractivity contribution < 1.29 is 8.42 Å². The largest absolute Gasteiger partial charge is 0.375 e. The Balaban J connectivity index is 1.64. The second kappa shape index (κ2) is 7.30. The van der Waals surface area contributed by atoms with Crippen LogP contribution in [0.15, 0.2) is 74.8 Å². The van der Waals surface area contributed by atoms with Gasteiger partial charge in [0.05, 0.1) is 22.8 Å². The van der Waals surface area contributed by atoms with Gasteiger partial charge < -0.3 is 5.73 Å². The van der Waals surface area contributed by atoms with Gasteiger partial charge in [-0.25, -0.2) is 18.2 Å². The molecular formula is C19H17N5O3S2. The number of hydrogen-bond donors (Lipinski definition) is 1. The van der Waals surface area contributed by atoms with E-state index in [9.17, 15) is 13.2 Å². The Labute approximate surface area is 170 Å². The van der Waals surface area contributed by atoms with Gasteiger partial charge in [0, 0.05) is 0 Å². The molecule has 0 aliphatic carbocycles. The van der Waals surface area contributed by atoms with Crippen LogP contribution in [0.2, 0.25) is 0 Å². The number of rotatable bonds is 5. The molecular weight excluding hydrogens is 410 g/mol. The van der Waals surface area contributed by atoms with Crippen molar-refractivity contribution >= 4 is 26.3 Å². The molecule has 0 amide bonds. The number of aryl methyl sites for hydroxylation is 1. The van der Waals surface area contributed by atoms with Crippen molar-refractivity contribution in [1.82, 2.24) is 19.3 Å². The number of aromatic nitrogens is 4. The van der Waals surface area contributed by atoms with Crippen LogP contribution in [0.1, 0.15) is 11.3 Å². The van der Waals surface area contributed by atoms with E-state index in [4.69, 9.17) is 5.73 Å². The SMILES string of the molecule is Cc1nc(N)sc1S(=O)(=O)c1ccc(-n2ncn(Cc3ccccc3)c2=O)cc1. The molecule has 0 bridgehead atoms. The quantitative estimate of drug-likeness (QED) is 0.523. The highest BCUT2D eigenvalue weighted by atomic mass is 32.2. The first-order valence-corrected chi connectivity index (χ1v) is 10.9. The van der Waals surface area contributed by atoms with Crippen LogP contribution in [0, 0.1) is 6.92 Å². The van der Waals surface area contributed by atoms with Gasteiger partial charge in [-0.05, 0) is 36.8 Å². The fourth-order valence-electron chi connectivity index (χ4n) is 2.93. The average molecular weight is 428 g/mol. The Kier molecular flexibility index (Phi) is 4.81. The number of benzene rings is 2. The highest BCUT2D eigenvalue weighted by molar-refractivity contribution is 7.93. The second-order valence-corrected chi connectivity index (χ2v) is 9.54. The first-order valence-electron chi connectivity index (χ1n) is 8.63. The van der Waals surface area contributed by atoms with Gasteiger partial charge in [0.2, 0.25) is 9.84 Å². The maximum Gasteiger partial charge on any atom is 0.350 e. The lowest BCUT2D eigenvalue weighted by Gasteiger charge is -2.05. The highest BCUT2D eigenvalue weighted by Gasteiger charge is 2.24. The third-order valence-corrected chi connectivity index (χ3v) is 7.70. The second-order valence-electron chi connectivity index (χ2n) is 6.36. The summed E-state index contributed by atoms with van der Waals surface area (Å²) >= 11 is 0.931.